The van der Waals surface area contributed by atoms with Gasteiger partial charge in [-0.15, -0.1) is 0 Å². The van der Waals surface area contributed by atoms with Crippen LogP contribution in [0.5, 0.6) is 0 Å². The number of fused-ring (bicyclic) bond motifs is 1. The smallest absolute Gasteiger partial charge is 0.312 e. The van der Waals surface area contributed by atoms with E-state index in [1.807, 2.05) is 20.8 Å². The number of hydrogen-bond acceptors (Lipinski definition) is 6. The number of esters is 1. The number of rotatable bonds is 8. The largest absolute Gasteiger partial charge is 0.466 e. The van der Waals surface area contributed by atoms with Crippen molar-refractivity contribution in [3.05, 3.63) is 0 Å². The molecule has 3 saturated heterocycles. The monoisotopic (exact) mass is 396 g/mol. The van der Waals surface area contributed by atoms with Crippen LogP contribution in [0.1, 0.15) is 53.4 Å². The highest BCUT2D eigenvalue weighted by Crippen LogP contribution is 2.63. The summed E-state index contributed by atoms with van der Waals surface area (Å²) in [6.45, 7) is 7.94. The lowest BCUT2D eigenvalue weighted by Gasteiger charge is -2.33. The average Bonchev–Trinajstić information content (AvgIpc) is 3.16. The number of nitrogens with zero attached hydrogens (tertiary/aromatic N) is 1. The van der Waals surface area contributed by atoms with Crippen LogP contribution in [-0.4, -0.2) is 70.8 Å². The number of ether oxygens (including phenoxy) is 2. The van der Waals surface area contributed by atoms with Crippen molar-refractivity contribution >= 4 is 17.8 Å². The van der Waals surface area contributed by atoms with E-state index in [-0.39, 0.29) is 31.1 Å². The molecule has 158 valence electrons. The Morgan fingerprint density at radius 2 is 2.07 bits per heavy atom. The predicted octanol–water partition coefficient (Wildman–Crippen LogP) is 0.611. The van der Waals surface area contributed by atoms with Gasteiger partial charge in [-0.05, 0) is 53.4 Å². The highest BCUT2D eigenvalue weighted by atomic mass is 16.6. The molecule has 0 aromatic carbocycles. The summed E-state index contributed by atoms with van der Waals surface area (Å²) >= 11 is 0. The molecule has 2 N–H and O–H groups in total. The number of likely N-dealkylation sites (tertiary alicyclic amines) is 1. The maximum atomic E-state index is 13.4. The van der Waals surface area contributed by atoms with Gasteiger partial charge < -0.3 is 24.8 Å². The number of amides is 2. The molecule has 2 bridgehead atoms. The van der Waals surface area contributed by atoms with Gasteiger partial charge in [0.1, 0.15) is 17.6 Å². The van der Waals surface area contributed by atoms with Crippen molar-refractivity contribution in [1.82, 2.24) is 10.2 Å². The molecule has 0 aromatic rings. The first-order valence-corrected chi connectivity index (χ1v) is 10.3. The fourth-order valence-electron chi connectivity index (χ4n) is 5.31. The van der Waals surface area contributed by atoms with Crippen LogP contribution in [0.2, 0.25) is 0 Å². The summed E-state index contributed by atoms with van der Waals surface area (Å²) < 4.78 is 11.7. The minimum absolute atomic E-state index is 0.0273. The molecule has 3 aliphatic rings. The van der Waals surface area contributed by atoms with Gasteiger partial charge in [-0.25, -0.2) is 0 Å². The van der Waals surface area contributed by atoms with Crippen LogP contribution in [0.25, 0.3) is 0 Å². The predicted molar refractivity (Wildman–Crippen MR) is 100 cm³/mol. The van der Waals surface area contributed by atoms with Crippen LogP contribution >= 0.6 is 0 Å². The normalized spacial score (nSPS) is 36.1. The Labute approximate surface area is 165 Å². The topological polar surface area (TPSA) is 105 Å². The minimum atomic E-state index is -0.999. The SMILES string of the molecule is CCOC(=O)[C@@H]1[C@H]2C(=O)N(CCCCO)C(C(=O)NC(C)C)C23CC[C@@]1(C)O3. The number of carbonyl (C=O) groups excluding carboxylic acids is 3. The van der Waals surface area contributed by atoms with Crippen molar-refractivity contribution in [2.45, 2.75) is 76.7 Å². The zero-order chi connectivity index (χ0) is 20.7. The molecule has 5 atom stereocenters. The third-order valence-electron chi connectivity index (χ3n) is 6.30. The van der Waals surface area contributed by atoms with E-state index in [1.165, 1.54) is 0 Å². The fraction of sp³-hybridized carbons (Fsp3) is 0.850. The maximum Gasteiger partial charge on any atom is 0.312 e. The molecule has 8 heteroatoms. The summed E-state index contributed by atoms with van der Waals surface area (Å²) in [6.07, 6.45) is 2.29. The standard InChI is InChI=1S/C20H32N2O6/c1-5-27-18(26)14-13-17(25)22(10-6-7-11-23)15(16(24)21-12(2)3)20(13)9-8-19(14,4)28-20/h12-15,23H,5-11H2,1-4H3,(H,21,24)/t13-,14-,15?,19+,20?/m0/s1. The van der Waals surface area contributed by atoms with E-state index in [1.54, 1.807) is 11.8 Å². The lowest BCUT2D eigenvalue weighted by atomic mass is 9.66. The highest BCUT2D eigenvalue weighted by Gasteiger charge is 2.78. The molecule has 1 spiro atoms. The molecule has 3 rings (SSSR count). The van der Waals surface area contributed by atoms with Gasteiger partial charge in [-0.3, -0.25) is 14.4 Å². The van der Waals surface area contributed by atoms with Crippen molar-refractivity contribution in [3.63, 3.8) is 0 Å². The summed E-state index contributed by atoms with van der Waals surface area (Å²) in [5, 5.41) is 12.0. The van der Waals surface area contributed by atoms with E-state index in [2.05, 4.69) is 5.32 Å². The number of unbranched alkanes of at least 4 members (excludes halogenated alkanes) is 1. The third-order valence-corrected chi connectivity index (χ3v) is 6.30. The molecule has 0 aromatic heterocycles. The Morgan fingerprint density at radius 1 is 1.36 bits per heavy atom. The molecule has 0 aliphatic carbocycles. The summed E-state index contributed by atoms with van der Waals surface area (Å²) in [5.41, 5.74) is -1.79. The van der Waals surface area contributed by atoms with E-state index in [0.29, 0.717) is 32.2 Å². The van der Waals surface area contributed by atoms with E-state index < -0.39 is 35.0 Å². The van der Waals surface area contributed by atoms with E-state index in [9.17, 15) is 14.4 Å². The maximum absolute atomic E-state index is 13.4. The molecule has 3 heterocycles. The molecule has 2 amide bonds. The van der Waals surface area contributed by atoms with Gasteiger partial charge in [0.15, 0.2) is 0 Å². The Morgan fingerprint density at radius 3 is 2.68 bits per heavy atom. The molecule has 2 unspecified atom stereocenters. The molecule has 28 heavy (non-hydrogen) atoms. The second kappa shape index (κ2) is 7.63. The second-order valence-corrected chi connectivity index (χ2v) is 8.61. The second-order valence-electron chi connectivity index (χ2n) is 8.61. The van der Waals surface area contributed by atoms with Crippen LogP contribution in [0.3, 0.4) is 0 Å². The molecule has 3 fully saturated rings. The van der Waals surface area contributed by atoms with Crippen molar-refractivity contribution in [3.8, 4) is 0 Å². The minimum Gasteiger partial charge on any atom is -0.466 e. The first-order chi connectivity index (χ1) is 13.2. The Hall–Kier alpha value is -1.67. The summed E-state index contributed by atoms with van der Waals surface area (Å²) in [7, 11) is 0. The molecule has 8 nitrogen and oxygen atoms in total. The number of carbonyl (C=O) groups is 3. The van der Waals surface area contributed by atoms with Gasteiger partial charge in [0.25, 0.3) is 0 Å². The Balaban J connectivity index is 1.99. The van der Waals surface area contributed by atoms with Crippen LogP contribution in [0.15, 0.2) is 0 Å². The number of aliphatic hydroxyl groups excluding tert-OH is 1. The summed E-state index contributed by atoms with van der Waals surface area (Å²) in [6, 6.07) is -0.847. The summed E-state index contributed by atoms with van der Waals surface area (Å²) in [4.78, 5) is 40.9. The number of hydrogen-bond donors (Lipinski definition) is 2. The lowest BCUT2D eigenvalue weighted by Crippen LogP contribution is -2.56. The molecule has 0 saturated carbocycles. The zero-order valence-electron chi connectivity index (χ0n) is 17.2. The van der Waals surface area contributed by atoms with Crippen molar-refractivity contribution in [2.24, 2.45) is 11.8 Å². The van der Waals surface area contributed by atoms with Gasteiger partial charge in [0.2, 0.25) is 11.8 Å². The van der Waals surface area contributed by atoms with E-state index in [4.69, 9.17) is 14.6 Å². The Kier molecular flexibility index (Phi) is 5.74. The van der Waals surface area contributed by atoms with Gasteiger partial charge in [0.05, 0.1) is 18.1 Å². The van der Waals surface area contributed by atoms with Crippen LogP contribution in [-0.2, 0) is 23.9 Å². The molecule has 0 radical (unpaired) electrons. The average molecular weight is 396 g/mol. The zero-order valence-corrected chi connectivity index (χ0v) is 17.2. The van der Waals surface area contributed by atoms with Gasteiger partial charge in [-0.1, -0.05) is 0 Å². The van der Waals surface area contributed by atoms with Gasteiger partial charge in [-0.2, -0.15) is 0 Å². The van der Waals surface area contributed by atoms with Gasteiger partial charge >= 0.3 is 5.97 Å². The van der Waals surface area contributed by atoms with E-state index >= 15 is 0 Å². The van der Waals surface area contributed by atoms with Gasteiger partial charge in [0, 0.05) is 19.2 Å². The molecular formula is C20H32N2O6. The third kappa shape index (κ3) is 3.10. The van der Waals surface area contributed by atoms with Crippen LogP contribution < -0.4 is 5.32 Å². The van der Waals surface area contributed by atoms with Crippen molar-refractivity contribution in [2.75, 3.05) is 19.8 Å². The van der Waals surface area contributed by atoms with Crippen LogP contribution in [0, 0.1) is 11.8 Å². The Bertz CT molecular complexity index is 653. The summed E-state index contributed by atoms with van der Waals surface area (Å²) in [5.74, 6) is -2.30. The lowest BCUT2D eigenvalue weighted by molar-refractivity contribution is -0.159. The van der Waals surface area contributed by atoms with Crippen molar-refractivity contribution < 1.29 is 29.0 Å². The first-order valence-electron chi connectivity index (χ1n) is 10.3. The molecule has 3 aliphatic heterocycles. The first kappa shape index (κ1) is 21.0. The quantitative estimate of drug-likeness (QED) is 0.460. The van der Waals surface area contributed by atoms with Crippen molar-refractivity contribution in [1.29, 1.82) is 0 Å². The molecular weight excluding hydrogens is 364 g/mol. The highest BCUT2D eigenvalue weighted by molar-refractivity contribution is 5.98. The van der Waals surface area contributed by atoms with E-state index in [0.717, 1.165) is 0 Å². The fourth-order valence-corrected chi connectivity index (χ4v) is 5.31. The van der Waals surface area contributed by atoms with Crippen LogP contribution in [0.4, 0.5) is 0 Å². The number of aliphatic hydroxyl groups is 1. The number of nitrogens with one attached hydrogen (secondary N) is 1.